The van der Waals surface area contributed by atoms with E-state index < -0.39 is 5.60 Å². The second-order valence-electron chi connectivity index (χ2n) is 7.18. The molecule has 0 bridgehead atoms. The number of rotatable bonds is 5. The first-order chi connectivity index (χ1) is 13.0. The van der Waals surface area contributed by atoms with E-state index in [-0.39, 0.29) is 0 Å². The van der Waals surface area contributed by atoms with Crippen molar-refractivity contribution in [3.63, 3.8) is 0 Å². The van der Waals surface area contributed by atoms with Crippen molar-refractivity contribution in [3.05, 3.63) is 102 Å². The summed E-state index contributed by atoms with van der Waals surface area (Å²) in [5.41, 5.74) is 3.63. The van der Waals surface area contributed by atoms with Crippen LogP contribution >= 0.6 is 0 Å². The Morgan fingerprint density at radius 3 is 1.67 bits per heavy atom. The van der Waals surface area contributed by atoms with Gasteiger partial charge >= 0.3 is 0 Å². The molecule has 3 rings (SSSR count). The minimum atomic E-state index is -0.981. The van der Waals surface area contributed by atoms with E-state index in [1.54, 1.807) is 13.8 Å². The molecule has 3 aromatic carbocycles. The highest BCUT2D eigenvalue weighted by Gasteiger charge is 2.09. The minimum Gasteiger partial charge on any atom is -0.378 e. The fraction of sp³-hybridized carbons (Fsp3) is 0.200. The number of hydrogen-bond donors (Lipinski definition) is 1. The fourth-order valence-corrected chi connectivity index (χ4v) is 2.83. The minimum absolute atomic E-state index is 0.838. The van der Waals surface area contributed by atoms with E-state index in [4.69, 9.17) is 0 Å². The molecule has 3 aromatic rings. The molecule has 0 atom stereocenters. The van der Waals surface area contributed by atoms with E-state index in [9.17, 15) is 5.11 Å². The fourth-order valence-electron chi connectivity index (χ4n) is 2.83. The van der Waals surface area contributed by atoms with E-state index in [1.807, 2.05) is 24.3 Å². The lowest BCUT2D eigenvalue weighted by Gasteiger charge is -2.25. The lowest BCUT2D eigenvalue weighted by molar-refractivity contribution is 0.143. The van der Waals surface area contributed by atoms with E-state index in [1.165, 1.54) is 11.1 Å². The summed E-state index contributed by atoms with van der Waals surface area (Å²) in [6.07, 6.45) is 0. The van der Waals surface area contributed by atoms with Gasteiger partial charge < -0.3 is 10.0 Å². The monoisotopic (exact) mass is 355 g/mol. The molecule has 0 aliphatic heterocycles. The molecule has 0 saturated heterocycles. The average molecular weight is 355 g/mol. The van der Waals surface area contributed by atoms with Crippen LogP contribution in [0.25, 0.3) is 0 Å². The van der Waals surface area contributed by atoms with Gasteiger partial charge in [-0.2, -0.15) is 0 Å². The molecular weight excluding hydrogens is 330 g/mol. The van der Waals surface area contributed by atoms with E-state index >= 15 is 0 Å². The Morgan fingerprint density at radius 1 is 0.741 bits per heavy atom. The molecule has 27 heavy (non-hydrogen) atoms. The maximum absolute atomic E-state index is 9.77. The third-order valence-electron chi connectivity index (χ3n) is 4.18. The van der Waals surface area contributed by atoms with Gasteiger partial charge in [0.15, 0.2) is 0 Å². The van der Waals surface area contributed by atoms with E-state index in [2.05, 4.69) is 77.4 Å². The van der Waals surface area contributed by atoms with Crippen LogP contribution in [0.15, 0.2) is 84.9 Å². The Balaban J connectivity index is 1.84. The highest BCUT2D eigenvalue weighted by atomic mass is 16.3. The largest absolute Gasteiger partial charge is 0.378 e. The van der Waals surface area contributed by atoms with Crippen molar-refractivity contribution in [1.82, 2.24) is 0 Å². The third kappa shape index (κ3) is 6.02. The van der Waals surface area contributed by atoms with Crippen LogP contribution in [0, 0.1) is 11.8 Å². The molecule has 0 aliphatic rings. The molecular formula is C25H25NO. The molecule has 0 aromatic heterocycles. The Bertz CT molecular complexity index is 856. The normalized spacial score (nSPS) is 10.8. The van der Waals surface area contributed by atoms with Crippen LogP contribution in [-0.2, 0) is 13.1 Å². The summed E-state index contributed by atoms with van der Waals surface area (Å²) in [5, 5.41) is 9.77. The van der Waals surface area contributed by atoms with Crippen LogP contribution in [0.2, 0.25) is 0 Å². The summed E-state index contributed by atoms with van der Waals surface area (Å²) in [7, 11) is 0. The topological polar surface area (TPSA) is 23.5 Å². The third-order valence-corrected chi connectivity index (χ3v) is 4.18. The van der Waals surface area contributed by atoms with Gasteiger partial charge in [-0.1, -0.05) is 72.5 Å². The summed E-state index contributed by atoms with van der Waals surface area (Å²) < 4.78 is 0. The Morgan fingerprint density at radius 2 is 1.22 bits per heavy atom. The standard InChI is InChI=1S/C25H25NO/c1-25(2,27)18-17-21-13-15-24(16-14-21)26(19-22-9-5-3-6-10-22)20-23-11-7-4-8-12-23/h3-16,27H,19-20H2,1-2H3. The van der Waals surface area contributed by atoms with Crippen LogP contribution in [0.3, 0.4) is 0 Å². The highest BCUT2D eigenvalue weighted by molar-refractivity contribution is 5.51. The molecule has 2 heteroatoms. The maximum Gasteiger partial charge on any atom is 0.120 e. The van der Waals surface area contributed by atoms with Gasteiger partial charge in [0.05, 0.1) is 0 Å². The molecule has 1 N–H and O–H groups in total. The van der Waals surface area contributed by atoms with Crippen LogP contribution in [0.1, 0.15) is 30.5 Å². The predicted octanol–water partition coefficient (Wildman–Crippen LogP) is 5.02. The van der Waals surface area contributed by atoms with Gasteiger partial charge in [-0.3, -0.25) is 0 Å². The highest BCUT2D eigenvalue weighted by Crippen LogP contribution is 2.21. The summed E-state index contributed by atoms with van der Waals surface area (Å²) >= 11 is 0. The van der Waals surface area contributed by atoms with E-state index in [0.717, 1.165) is 24.3 Å². The zero-order valence-corrected chi connectivity index (χ0v) is 15.9. The first kappa shape index (κ1) is 18.8. The van der Waals surface area contributed by atoms with Crippen molar-refractivity contribution in [1.29, 1.82) is 0 Å². The molecule has 0 unspecified atom stereocenters. The first-order valence-corrected chi connectivity index (χ1v) is 9.18. The van der Waals surface area contributed by atoms with Gasteiger partial charge in [0, 0.05) is 24.3 Å². The van der Waals surface area contributed by atoms with Crippen molar-refractivity contribution in [3.8, 4) is 11.8 Å². The number of benzene rings is 3. The van der Waals surface area contributed by atoms with Crippen molar-refractivity contribution in [2.45, 2.75) is 32.5 Å². The van der Waals surface area contributed by atoms with Crippen LogP contribution < -0.4 is 4.90 Å². The molecule has 0 fully saturated rings. The number of aliphatic hydroxyl groups is 1. The summed E-state index contributed by atoms with van der Waals surface area (Å²) in [5.74, 6) is 5.89. The van der Waals surface area contributed by atoms with Gasteiger partial charge in [-0.15, -0.1) is 0 Å². The lowest BCUT2D eigenvalue weighted by atomic mass is 10.1. The van der Waals surface area contributed by atoms with Crippen molar-refractivity contribution in [2.24, 2.45) is 0 Å². The average Bonchev–Trinajstić information content (AvgIpc) is 2.67. The smallest absolute Gasteiger partial charge is 0.120 e. The quantitative estimate of drug-likeness (QED) is 0.650. The first-order valence-electron chi connectivity index (χ1n) is 9.18. The Kier molecular flexibility index (Phi) is 5.96. The predicted molar refractivity (Wildman–Crippen MR) is 112 cm³/mol. The molecule has 0 aliphatic carbocycles. The summed E-state index contributed by atoms with van der Waals surface area (Å²) in [6, 6.07) is 29.2. The number of nitrogens with zero attached hydrogens (tertiary/aromatic N) is 1. The zero-order valence-electron chi connectivity index (χ0n) is 15.9. The zero-order chi connectivity index (χ0) is 19.1. The Labute approximate surface area is 162 Å². The van der Waals surface area contributed by atoms with Gasteiger partial charge in [-0.25, -0.2) is 0 Å². The van der Waals surface area contributed by atoms with E-state index in [0.29, 0.717) is 0 Å². The summed E-state index contributed by atoms with van der Waals surface area (Å²) in [4.78, 5) is 2.36. The number of anilines is 1. The molecule has 0 radical (unpaired) electrons. The van der Waals surface area contributed by atoms with Crippen molar-refractivity contribution < 1.29 is 5.11 Å². The van der Waals surface area contributed by atoms with Gasteiger partial charge in [0.25, 0.3) is 0 Å². The second kappa shape index (κ2) is 8.58. The molecule has 0 amide bonds. The molecule has 2 nitrogen and oxygen atoms in total. The van der Waals surface area contributed by atoms with Crippen LogP contribution in [-0.4, -0.2) is 10.7 Å². The maximum atomic E-state index is 9.77. The van der Waals surface area contributed by atoms with Crippen LogP contribution in [0.5, 0.6) is 0 Å². The Hall–Kier alpha value is -3.02. The van der Waals surface area contributed by atoms with Crippen molar-refractivity contribution >= 4 is 5.69 Å². The van der Waals surface area contributed by atoms with Crippen LogP contribution in [0.4, 0.5) is 5.69 Å². The molecule has 0 heterocycles. The van der Waals surface area contributed by atoms with Crippen molar-refractivity contribution in [2.75, 3.05) is 4.90 Å². The SMILES string of the molecule is CC(C)(O)C#Cc1ccc(N(Cc2ccccc2)Cc2ccccc2)cc1. The molecule has 136 valence electrons. The van der Waals surface area contributed by atoms with Gasteiger partial charge in [0.2, 0.25) is 0 Å². The molecule has 0 spiro atoms. The van der Waals surface area contributed by atoms with Gasteiger partial charge in [0.1, 0.15) is 5.60 Å². The van der Waals surface area contributed by atoms with Gasteiger partial charge in [-0.05, 0) is 49.2 Å². The second-order valence-corrected chi connectivity index (χ2v) is 7.18. The molecule has 0 saturated carbocycles. The number of hydrogen-bond acceptors (Lipinski definition) is 2. The summed E-state index contributed by atoms with van der Waals surface area (Å²) in [6.45, 7) is 5.06. The lowest BCUT2D eigenvalue weighted by Crippen LogP contribution is -2.22.